The van der Waals surface area contributed by atoms with Gasteiger partial charge in [-0.3, -0.25) is 0 Å². The van der Waals surface area contributed by atoms with E-state index in [0.717, 1.165) is 18.1 Å². The zero-order valence-electron chi connectivity index (χ0n) is 13.9. The largest absolute Gasteiger partial charge is 0.497 e. The molecule has 1 atom stereocenters. The van der Waals surface area contributed by atoms with Crippen molar-refractivity contribution in [2.75, 3.05) is 7.11 Å². The monoisotopic (exact) mass is 349 g/mol. The third kappa shape index (κ3) is 4.64. The van der Waals surface area contributed by atoms with Crippen LogP contribution in [-0.4, -0.2) is 13.0 Å². The number of nitrogens with zero attached hydrogens (tertiary/aromatic N) is 1. The number of benzene rings is 2. The Labute approximate surface area is 144 Å². The Bertz CT molecular complexity index is 763. The van der Waals surface area contributed by atoms with Crippen molar-refractivity contribution in [3.05, 3.63) is 60.2 Å². The van der Waals surface area contributed by atoms with Crippen LogP contribution in [0.15, 0.2) is 54.0 Å². The van der Waals surface area contributed by atoms with E-state index >= 15 is 0 Å². The highest BCUT2D eigenvalue weighted by Crippen LogP contribution is 2.40. The zero-order chi connectivity index (χ0) is 18.4. The molecular formula is C19H18F3NO2. The average Bonchev–Trinajstić information content (AvgIpc) is 2.60. The van der Waals surface area contributed by atoms with E-state index in [1.807, 2.05) is 6.92 Å². The molecule has 2 aromatic rings. The standard InChI is InChI=1S/C19H18F3NO2/c1-4-17(23-5-2)13-6-8-14(9-7-13)25-18-11-10-15(24-3)12-16(18)19(20,21)22/h6-12,17H,2,4H2,1,3H3. The molecule has 0 bridgehead atoms. The van der Waals surface area contributed by atoms with Crippen LogP contribution in [0.3, 0.4) is 0 Å². The van der Waals surface area contributed by atoms with Crippen LogP contribution in [0, 0.1) is 0 Å². The van der Waals surface area contributed by atoms with Crippen LogP contribution in [0.25, 0.3) is 0 Å². The number of alkyl halides is 3. The second-order valence-corrected chi connectivity index (χ2v) is 5.24. The van der Waals surface area contributed by atoms with Gasteiger partial charge in [0, 0.05) is 0 Å². The van der Waals surface area contributed by atoms with Gasteiger partial charge in [-0.1, -0.05) is 19.1 Å². The first-order valence-corrected chi connectivity index (χ1v) is 7.64. The van der Waals surface area contributed by atoms with Crippen molar-refractivity contribution < 1.29 is 22.6 Å². The molecule has 0 aromatic heterocycles. The van der Waals surface area contributed by atoms with E-state index in [4.69, 9.17) is 9.47 Å². The number of ether oxygens (including phenoxy) is 2. The molecule has 1 unspecified atom stereocenters. The first-order valence-electron chi connectivity index (χ1n) is 7.64. The predicted octanol–water partition coefficient (Wildman–Crippen LogP) is 5.81. The van der Waals surface area contributed by atoms with Crippen molar-refractivity contribution in [2.24, 2.45) is 4.99 Å². The third-order valence-electron chi connectivity index (χ3n) is 3.62. The van der Waals surface area contributed by atoms with Crippen LogP contribution in [-0.2, 0) is 6.18 Å². The molecule has 3 nitrogen and oxygen atoms in total. The van der Waals surface area contributed by atoms with Crippen molar-refractivity contribution in [3.8, 4) is 17.2 Å². The summed E-state index contributed by atoms with van der Waals surface area (Å²) in [5.74, 6) is 2.65. The van der Waals surface area contributed by atoms with Crippen molar-refractivity contribution in [1.82, 2.24) is 0 Å². The number of halogens is 3. The molecule has 0 saturated carbocycles. The van der Waals surface area contributed by atoms with Gasteiger partial charge in [0.05, 0.1) is 13.2 Å². The number of hydrogen-bond donors (Lipinski definition) is 0. The topological polar surface area (TPSA) is 30.8 Å². The van der Waals surface area contributed by atoms with Crippen molar-refractivity contribution in [2.45, 2.75) is 25.6 Å². The minimum atomic E-state index is -4.55. The molecule has 0 saturated heterocycles. The first-order chi connectivity index (χ1) is 11.9. The zero-order valence-corrected chi connectivity index (χ0v) is 13.9. The molecule has 2 rings (SSSR count). The van der Waals surface area contributed by atoms with E-state index in [-0.39, 0.29) is 17.5 Å². The van der Waals surface area contributed by atoms with Crippen LogP contribution in [0.2, 0.25) is 0 Å². The van der Waals surface area contributed by atoms with Gasteiger partial charge in [0.2, 0.25) is 0 Å². The lowest BCUT2D eigenvalue weighted by atomic mass is 10.1. The fourth-order valence-corrected chi connectivity index (χ4v) is 2.34. The van der Waals surface area contributed by atoms with E-state index in [9.17, 15) is 13.2 Å². The van der Waals surface area contributed by atoms with Gasteiger partial charge in [0.1, 0.15) is 22.8 Å². The van der Waals surface area contributed by atoms with E-state index < -0.39 is 11.7 Å². The molecule has 0 N–H and O–H groups in total. The first kappa shape index (κ1) is 18.6. The van der Waals surface area contributed by atoms with E-state index in [1.54, 1.807) is 24.3 Å². The second kappa shape index (κ2) is 7.90. The molecule has 2 aromatic carbocycles. The fraction of sp³-hybridized carbons (Fsp3) is 0.263. The van der Waals surface area contributed by atoms with Crippen LogP contribution >= 0.6 is 0 Å². The van der Waals surface area contributed by atoms with Gasteiger partial charge in [-0.2, -0.15) is 13.2 Å². The highest BCUT2D eigenvalue weighted by atomic mass is 19.4. The number of hydrogen-bond acceptors (Lipinski definition) is 3. The van der Waals surface area contributed by atoms with Crippen LogP contribution < -0.4 is 9.47 Å². The smallest absolute Gasteiger partial charge is 0.420 e. The summed E-state index contributed by atoms with van der Waals surface area (Å²) in [4.78, 5) is 4.13. The summed E-state index contributed by atoms with van der Waals surface area (Å²) in [5, 5.41) is 0. The van der Waals surface area contributed by atoms with Crippen LogP contribution in [0.1, 0.15) is 30.5 Å². The van der Waals surface area contributed by atoms with Gasteiger partial charge in [-0.25, -0.2) is 4.99 Å². The summed E-state index contributed by atoms with van der Waals surface area (Å²) in [6.07, 6.45) is -3.78. The van der Waals surface area contributed by atoms with Gasteiger partial charge in [-0.05, 0) is 54.8 Å². The lowest BCUT2D eigenvalue weighted by Gasteiger charge is -2.15. The number of rotatable bonds is 6. The summed E-state index contributed by atoms with van der Waals surface area (Å²) in [5.41, 5.74) is 0.0235. The van der Waals surface area contributed by atoms with Crippen molar-refractivity contribution in [3.63, 3.8) is 0 Å². The summed E-state index contributed by atoms with van der Waals surface area (Å²) in [7, 11) is 1.31. The Kier molecular flexibility index (Phi) is 5.88. The highest BCUT2D eigenvalue weighted by molar-refractivity contribution is 5.48. The maximum absolute atomic E-state index is 13.2. The molecule has 132 valence electrons. The Morgan fingerprint density at radius 2 is 1.76 bits per heavy atom. The SMILES string of the molecule is C=C=NC(CC)c1ccc(Oc2ccc(OC)cc2C(F)(F)F)cc1. The molecule has 0 fully saturated rings. The van der Waals surface area contributed by atoms with Gasteiger partial charge >= 0.3 is 6.18 Å². The lowest BCUT2D eigenvalue weighted by molar-refractivity contribution is -0.138. The van der Waals surface area contributed by atoms with E-state index in [1.165, 1.54) is 19.2 Å². The minimum Gasteiger partial charge on any atom is -0.497 e. The van der Waals surface area contributed by atoms with E-state index in [2.05, 4.69) is 17.4 Å². The molecule has 6 heteroatoms. The molecule has 0 amide bonds. The van der Waals surface area contributed by atoms with Crippen molar-refractivity contribution in [1.29, 1.82) is 0 Å². The molecule has 0 aliphatic rings. The minimum absolute atomic E-state index is 0.0849. The van der Waals surface area contributed by atoms with Crippen LogP contribution in [0.5, 0.6) is 17.2 Å². The fourth-order valence-electron chi connectivity index (χ4n) is 2.34. The lowest BCUT2D eigenvalue weighted by Crippen LogP contribution is -2.07. The van der Waals surface area contributed by atoms with Gasteiger partial charge in [0.15, 0.2) is 0 Å². The maximum atomic E-state index is 13.2. The number of aliphatic imine (C=N–C) groups is 1. The second-order valence-electron chi connectivity index (χ2n) is 5.24. The Hall–Kier alpha value is -2.72. The quantitative estimate of drug-likeness (QED) is 0.616. The van der Waals surface area contributed by atoms with Gasteiger partial charge in [0.25, 0.3) is 0 Å². The highest BCUT2D eigenvalue weighted by Gasteiger charge is 2.35. The third-order valence-corrected chi connectivity index (χ3v) is 3.62. The van der Waals surface area contributed by atoms with E-state index in [0.29, 0.717) is 5.75 Å². The molecule has 25 heavy (non-hydrogen) atoms. The van der Waals surface area contributed by atoms with Gasteiger partial charge in [-0.15, -0.1) is 0 Å². The van der Waals surface area contributed by atoms with Crippen molar-refractivity contribution >= 4 is 5.87 Å². The number of methoxy groups -OCH3 is 1. The predicted molar refractivity (Wildman–Crippen MR) is 90.6 cm³/mol. The maximum Gasteiger partial charge on any atom is 0.420 e. The Morgan fingerprint density at radius 1 is 1.12 bits per heavy atom. The molecule has 0 aliphatic heterocycles. The summed E-state index contributed by atoms with van der Waals surface area (Å²) < 4.78 is 49.9. The van der Waals surface area contributed by atoms with Gasteiger partial charge < -0.3 is 9.47 Å². The average molecular weight is 349 g/mol. The van der Waals surface area contributed by atoms with Crippen LogP contribution in [0.4, 0.5) is 13.2 Å². The Morgan fingerprint density at radius 3 is 2.28 bits per heavy atom. The normalized spacial score (nSPS) is 12.2. The summed E-state index contributed by atoms with van der Waals surface area (Å²) >= 11 is 0. The molecule has 0 heterocycles. The molecular weight excluding hydrogens is 331 g/mol. The molecule has 0 aliphatic carbocycles. The Balaban J connectivity index is 2.29. The molecule has 0 radical (unpaired) electrons. The molecule has 0 spiro atoms. The summed E-state index contributed by atoms with van der Waals surface area (Å²) in [6, 6.07) is 10.2. The summed E-state index contributed by atoms with van der Waals surface area (Å²) in [6.45, 7) is 5.44.